The summed E-state index contributed by atoms with van der Waals surface area (Å²) in [6.07, 6.45) is 4.35. The summed E-state index contributed by atoms with van der Waals surface area (Å²) in [5.41, 5.74) is 9.10. The molecule has 2 aromatic carbocycles. The molecule has 0 aliphatic carbocycles. The van der Waals surface area contributed by atoms with E-state index in [9.17, 15) is 5.11 Å². The van der Waals surface area contributed by atoms with Crippen molar-refractivity contribution in [1.29, 1.82) is 0 Å². The van der Waals surface area contributed by atoms with Gasteiger partial charge in [0.2, 0.25) is 0 Å². The lowest BCUT2D eigenvalue weighted by atomic mass is 9.74. The quantitative estimate of drug-likeness (QED) is 0.508. The molecule has 0 amide bonds. The molecule has 1 N–H and O–H groups in total. The SMILES string of the molecule is CCCc1c(C(CCC)c2cc(C)cc(C(C)(C)C)c2O)cc(C)cc1C(C)(C)C. The molecule has 0 aromatic heterocycles. The van der Waals surface area contributed by atoms with Gasteiger partial charge in [-0.2, -0.15) is 0 Å². The van der Waals surface area contributed by atoms with Crippen LogP contribution in [-0.2, 0) is 17.3 Å². The molecule has 166 valence electrons. The number of rotatable bonds is 6. The molecule has 0 spiro atoms. The summed E-state index contributed by atoms with van der Waals surface area (Å²) in [5.74, 6) is 0.714. The van der Waals surface area contributed by atoms with Crippen LogP contribution in [0.2, 0.25) is 0 Å². The fourth-order valence-electron chi connectivity index (χ4n) is 4.76. The molecule has 0 aliphatic rings. The molecule has 1 nitrogen and oxygen atoms in total. The van der Waals surface area contributed by atoms with Crippen LogP contribution in [0.3, 0.4) is 0 Å². The fraction of sp³-hybridized carbons (Fsp3) is 0.586. The summed E-state index contributed by atoms with van der Waals surface area (Å²) in [6, 6.07) is 9.15. The molecule has 1 atom stereocenters. The summed E-state index contributed by atoms with van der Waals surface area (Å²) in [7, 11) is 0. The molecule has 1 unspecified atom stereocenters. The van der Waals surface area contributed by atoms with Crippen LogP contribution in [0.1, 0.15) is 120 Å². The Labute approximate surface area is 185 Å². The van der Waals surface area contributed by atoms with Crippen molar-refractivity contribution < 1.29 is 5.11 Å². The molecule has 2 rings (SSSR count). The Morgan fingerprint density at radius 1 is 0.733 bits per heavy atom. The van der Waals surface area contributed by atoms with Gasteiger partial charge in [-0.05, 0) is 59.8 Å². The molecule has 0 fully saturated rings. The number of phenolic OH excluding ortho intramolecular Hbond substituents is 1. The third-order valence-electron chi connectivity index (χ3n) is 6.16. The van der Waals surface area contributed by atoms with Crippen molar-refractivity contribution >= 4 is 0 Å². The molecule has 0 saturated heterocycles. The van der Waals surface area contributed by atoms with Gasteiger partial charge in [-0.1, -0.05) is 104 Å². The average molecular weight is 409 g/mol. The minimum absolute atomic E-state index is 0.0863. The highest BCUT2D eigenvalue weighted by Gasteiger charge is 2.28. The zero-order valence-electron chi connectivity index (χ0n) is 21.2. The highest BCUT2D eigenvalue weighted by atomic mass is 16.3. The Morgan fingerprint density at radius 3 is 1.70 bits per heavy atom. The molecule has 0 saturated carbocycles. The van der Waals surface area contributed by atoms with Crippen molar-refractivity contribution in [3.63, 3.8) is 0 Å². The van der Waals surface area contributed by atoms with E-state index in [0.29, 0.717) is 5.75 Å². The molecular formula is C29H44O. The number of hydrogen-bond donors (Lipinski definition) is 1. The van der Waals surface area contributed by atoms with Gasteiger partial charge in [0.1, 0.15) is 5.75 Å². The van der Waals surface area contributed by atoms with E-state index < -0.39 is 0 Å². The second-order valence-electron chi connectivity index (χ2n) is 11.2. The number of hydrogen-bond acceptors (Lipinski definition) is 1. The summed E-state index contributed by atoms with van der Waals surface area (Å²) in [5, 5.41) is 11.4. The molecule has 2 aromatic rings. The van der Waals surface area contributed by atoms with E-state index in [2.05, 4.69) is 93.5 Å². The highest BCUT2D eigenvalue weighted by Crippen LogP contribution is 2.44. The van der Waals surface area contributed by atoms with Crippen molar-refractivity contribution in [2.24, 2.45) is 0 Å². The van der Waals surface area contributed by atoms with Crippen LogP contribution in [0.15, 0.2) is 24.3 Å². The lowest BCUT2D eigenvalue weighted by Gasteiger charge is -2.31. The first kappa shape index (κ1) is 24.5. The summed E-state index contributed by atoms with van der Waals surface area (Å²) in [4.78, 5) is 0. The molecule has 30 heavy (non-hydrogen) atoms. The first-order valence-electron chi connectivity index (χ1n) is 11.8. The third-order valence-corrected chi connectivity index (χ3v) is 6.16. The van der Waals surface area contributed by atoms with Gasteiger partial charge in [0.25, 0.3) is 0 Å². The summed E-state index contributed by atoms with van der Waals surface area (Å²) in [6.45, 7) is 22.4. The van der Waals surface area contributed by atoms with E-state index in [4.69, 9.17) is 0 Å². The van der Waals surface area contributed by atoms with Crippen LogP contribution in [0.5, 0.6) is 5.75 Å². The number of aromatic hydroxyl groups is 1. The fourth-order valence-corrected chi connectivity index (χ4v) is 4.76. The lowest BCUT2D eigenvalue weighted by Crippen LogP contribution is -2.19. The van der Waals surface area contributed by atoms with Gasteiger partial charge in [0.05, 0.1) is 0 Å². The third kappa shape index (κ3) is 5.29. The normalized spacial score (nSPS) is 13.5. The summed E-state index contributed by atoms with van der Waals surface area (Å²) >= 11 is 0. The molecule has 0 bridgehead atoms. The second-order valence-corrected chi connectivity index (χ2v) is 11.2. The van der Waals surface area contributed by atoms with Gasteiger partial charge >= 0.3 is 0 Å². The molecule has 0 heterocycles. The zero-order valence-corrected chi connectivity index (χ0v) is 21.2. The predicted molar refractivity (Wildman–Crippen MR) is 132 cm³/mol. The Kier molecular flexibility index (Phi) is 7.49. The van der Waals surface area contributed by atoms with E-state index in [0.717, 1.165) is 36.8 Å². The van der Waals surface area contributed by atoms with Crippen LogP contribution in [0.4, 0.5) is 0 Å². The predicted octanol–water partition coefficient (Wildman–Crippen LogP) is 8.49. The van der Waals surface area contributed by atoms with Gasteiger partial charge < -0.3 is 5.11 Å². The standard InChI is InChI=1S/C29H44O/c1-11-13-21(24-16-20(4)18-26(27(24)30)29(8,9)10)23-15-19(3)17-25(28(5,6)7)22(23)14-12-2/h15-18,21,30H,11-14H2,1-10H3. The van der Waals surface area contributed by atoms with Crippen molar-refractivity contribution in [3.05, 3.63) is 63.2 Å². The topological polar surface area (TPSA) is 20.2 Å². The van der Waals surface area contributed by atoms with Crippen molar-refractivity contribution in [2.45, 2.75) is 112 Å². The zero-order chi connectivity index (χ0) is 22.9. The minimum Gasteiger partial charge on any atom is -0.507 e. The average Bonchev–Trinajstić information content (AvgIpc) is 2.61. The minimum atomic E-state index is -0.0863. The van der Waals surface area contributed by atoms with E-state index in [-0.39, 0.29) is 16.7 Å². The Morgan fingerprint density at radius 2 is 1.23 bits per heavy atom. The maximum absolute atomic E-state index is 11.4. The molecule has 1 heteroatoms. The Balaban J connectivity index is 2.86. The monoisotopic (exact) mass is 408 g/mol. The molecule has 0 radical (unpaired) electrons. The number of benzene rings is 2. The van der Waals surface area contributed by atoms with Gasteiger partial charge in [-0.3, -0.25) is 0 Å². The van der Waals surface area contributed by atoms with Crippen LogP contribution in [0.25, 0.3) is 0 Å². The maximum atomic E-state index is 11.4. The van der Waals surface area contributed by atoms with Crippen LogP contribution in [-0.4, -0.2) is 5.11 Å². The highest BCUT2D eigenvalue weighted by molar-refractivity contribution is 5.54. The van der Waals surface area contributed by atoms with Crippen molar-refractivity contribution in [1.82, 2.24) is 0 Å². The van der Waals surface area contributed by atoms with Gasteiger partial charge in [-0.25, -0.2) is 0 Å². The number of phenols is 1. The van der Waals surface area contributed by atoms with Gasteiger partial charge in [0.15, 0.2) is 0 Å². The smallest absolute Gasteiger partial charge is 0.123 e. The van der Waals surface area contributed by atoms with Gasteiger partial charge in [0, 0.05) is 11.5 Å². The first-order chi connectivity index (χ1) is 13.8. The van der Waals surface area contributed by atoms with E-state index in [1.165, 1.54) is 27.8 Å². The van der Waals surface area contributed by atoms with Crippen LogP contribution in [0, 0.1) is 13.8 Å². The lowest BCUT2D eigenvalue weighted by molar-refractivity contribution is 0.435. The van der Waals surface area contributed by atoms with E-state index >= 15 is 0 Å². The van der Waals surface area contributed by atoms with Crippen LogP contribution < -0.4 is 0 Å². The van der Waals surface area contributed by atoms with Crippen molar-refractivity contribution in [3.8, 4) is 5.75 Å². The van der Waals surface area contributed by atoms with Crippen molar-refractivity contribution in [2.75, 3.05) is 0 Å². The summed E-state index contributed by atoms with van der Waals surface area (Å²) < 4.78 is 0. The Hall–Kier alpha value is -1.76. The first-order valence-corrected chi connectivity index (χ1v) is 11.8. The van der Waals surface area contributed by atoms with Crippen LogP contribution >= 0.6 is 0 Å². The molecule has 0 aliphatic heterocycles. The van der Waals surface area contributed by atoms with E-state index in [1.807, 2.05) is 0 Å². The number of aryl methyl sites for hydroxylation is 2. The largest absolute Gasteiger partial charge is 0.507 e. The van der Waals surface area contributed by atoms with Gasteiger partial charge in [-0.15, -0.1) is 0 Å². The second kappa shape index (κ2) is 9.16. The molecular weight excluding hydrogens is 364 g/mol. The Bertz CT molecular complexity index is 875. The maximum Gasteiger partial charge on any atom is 0.123 e. The van der Waals surface area contributed by atoms with E-state index in [1.54, 1.807) is 0 Å².